The zero-order chi connectivity index (χ0) is 12.4. The van der Waals surface area contributed by atoms with Gasteiger partial charge in [-0.2, -0.15) is 5.10 Å². The van der Waals surface area contributed by atoms with Crippen molar-refractivity contribution in [3.05, 3.63) is 35.2 Å². The van der Waals surface area contributed by atoms with Crippen LogP contribution in [0.4, 0.5) is 0 Å². The highest BCUT2D eigenvalue weighted by Crippen LogP contribution is 2.13. The van der Waals surface area contributed by atoms with Gasteiger partial charge in [0.1, 0.15) is 5.82 Å². The Kier molecular flexibility index (Phi) is 3.28. The van der Waals surface area contributed by atoms with Crippen LogP contribution >= 0.6 is 0 Å². The lowest BCUT2D eigenvalue weighted by atomic mass is 10.2. The van der Waals surface area contributed by atoms with Crippen LogP contribution in [-0.4, -0.2) is 19.3 Å². The zero-order valence-electron chi connectivity index (χ0n) is 10.6. The maximum atomic E-state index is 5.72. The summed E-state index contributed by atoms with van der Waals surface area (Å²) in [4.78, 5) is 4.36. The van der Waals surface area contributed by atoms with Gasteiger partial charge < -0.3 is 10.3 Å². The molecule has 0 saturated heterocycles. The standard InChI is InChI=1S/C12H19N5/c1-4-16-6-5-14-12(16)8-17-10(3)11(7-13)9(2)15-17/h5-6H,4,7-8,13H2,1-3H3. The van der Waals surface area contributed by atoms with Gasteiger partial charge >= 0.3 is 0 Å². The lowest BCUT2D eigenvalue weighted by molar-refractivity contribution is 0.592. The Morgan fingerprint density at radius 1 is 1.35 bits per heavy atom. The molecular formula is C12H19N5. The van der Waals surface area contributed by atoms with Crippen LogP contribution in [-0.2, 0) is 19.6 Å². The smallest absolute Gasteiger partial charge is 0.130 e. The first kappa shape index (κ1) is 11.9. The van der Waals surface area contributed by atoms with Gasteiger partial charge in [0, 0.05) is 36.7 Å². The first-order valence-corrected chi connectivity index (χ1v) is 5.90. The molecule has 2 rings (SSSR count). The van der Waals surface area contributed by atoms with E-state index in [1.807, 2.05) is 24.0 Å². The van der Waals surface area contributed by atoms with E-state index in [1.54, 1.807) is 0 Å². The van der Waals surface area contributed by atoms with E-state index in [1.165, 1.54) is 0 Å². The number of aryl methyl sites for hydroxylation is 2. The summed E-state index contributed by atoms with van der Waals surface area (Å²) >= 11 is 0. The molecule has 0 aliphatic heterocycles. The van der Waals surface area contributed by atoms with Crippen LogP contribution in [0.25, 0.3) is 0 Å². The average Bonchev–Trinajstić information content (AvgIpc) is 2.85. The maximum absolute atomic E-state index is 5.72. The molecule has 17 heavy (non-hydrogen) atoms. The van der Waals surface area contributed by atoms with E-state index < -0.39 is 0 Å². The normalized spacial score (nSPS) is 11.1. The SMILES string of the molecule is CCn1ccnc1Cn1nc(C)c(CN)c1C. The van der Waals surface area contributed by atoms with Crippen molar-refractivity contribution in [1.29, 1.82) is 0 Å². The number of hydrogen-bond acceptors (Lipinski definition) is 3. The number of nitrogens with zero attached hydrogens (tertiary/aromatic N) is 4. The summed E-state index contributed by atoms with van der Waals surface area (Å²) < 4.78 is 4.10. The predicted octanol–water partition coefficient (Wildman–Crippen LogP) is 1.22. The Morgan fingerprint density at radius 3 is 2.71 bits per heavy atom. The first-order valence-electron chi connectivity index (χ1n) is 5.90. The van der Waals surface area contributed by atoms with E-state index in [0.717, 1.165) is 29.3 Å². The fourth-order valence-corrected chi connectivity index (χ4v) is 2.10. The van der Waals surface area contributed by atoms with Crippen LogP contribution in [0.15, 0.2) is 12.4 Å². The molecule has 0 amide bonds. The Morgan fingerprint density at radius 2 is 2.12 bits per heavy atom. The van der Waals surface area contributed by atoms with E-state index in [-0.39, 0.29) is 0 Å². The van der Waals surface area contributed by atoms with Crippen molar-refractivity contribution in [1.82, 2.24) is 19.3 Å². The quantitative estimate of drug-likeness (QED) is 0.863. The molecule has 2 N–H and O–H groups in total. The van der Waals surface area contributed by atoms with Crippen molar-refractivity contribution in [2.75, 3.05) is 0 Å². The largest absolute Gasteiger partial charge is 0.334 e. The van der Waals surface area contributed by atoms with Gasteiger partial charge in [-0.15, -0.1) is 0 Å². The molecule has 0 saturated carbocycles. The minimum absolute atomic E-state index is 0.542. The number of nitrogens with two attached hydrogens (primary N) is 1. The van der Waals surface area contributed by atoms with E-state index in [0.29, 0.717) is 13.1 Å². The number of rotatable bonds is 4. The third-order valence-electron chi connectivity index (χ3n) is 3.17. The van der Waals surface area contributed by atoms with E-state index in [2.05, 4.69) is 28.5 Å². The van der Waals surface area contributed by atoms with Gasteiger partial charge in [-0.3, -0.25) is 4.68 Å². The topological polar surface area (TPSA) is 61.7 Å². The number of imidazole rings is 1. The molecule has 0 radical (unpaired) electrons. The van der Waals surface area contributed by atoms with Crippen LogP contribution < -0.4 is 5.73 Å². The molecule has 0 aromatic carbocycles. The Balaban J connectivity index is 2.30. The van der Waals surface area contributed by atoms with Crippen molar-refractivity contribution in [2.45, 2.75) is 40.4 Å². The zero-order valence-corrected chi connectivity index (χ0v) is 10.6. The average molecular weight is 233 g/mol. The van der Waals surface area contributed by atoms with Gasteiger partial charge in [-0.25, -0.2) is 4.98 Å². The summed E-state index contributed by atoms with van der Waals surface area (Å²) in [5, 5.41) is 4.51. The van der Waals surface area contributed by atoms with Gasteiger partial charge in [0.15, 0.2) is 0 Å². The van der Waals surface area contributed by atoms with Crippen LogP contribution in [0.1, 0.15) is 29.7 Å². The van der Waals surface area contributed by atoms with Gasteiger partial charge in [-0.1, -0.05) is 0 Å². The van der Waals surface area contributed by atoms with Gasteiger partial charge in [0.2, 0.25) is 0 Å². The maximum Gasteiger partial charge on any atom is 0.130 e. The van der Waals surface area contributed by atoms with E-state index in [9.17, 15) is 0 Å². The summed E-state index contributed by atoms with van der Waals surface area (Å²) in [6.07, 6.45) is 3.82. The third-order valence-corrected chi connectivity index (χ3v) is 3.17. The number of hydrogen-bond donors (Lipinski definition) is 1. The summed E-state index contributed by atoms with van der Waals surface area (Å²) in [5.41, 5.74) is 9.01. The molecule has 2 aromatic rings. The van der Waals surface area contributed by atoms with Crippen molar-refractivity contribution >= 4 is 0 Å². The highest BCUT2D eigenvalue weighted by molar-refractivity contribution is 5.24. The predicted molar refractivity (Wildman–Crippen MR) is 66.6 cm³/mol. The molecule has 5 nitrogen and oxygen atoms in total. The van der Waals surface area contributed by atoms with Crippen LogP contribution in [0, 0.1) is 13.8 Å². The van der Waals surface area contributed by atoms with Crippen LogP contribution in [0.5, 0.6) is 0 Å². The number of aromatic nitrogens is 4. The summed E-state index contributed by atoms with van der Waals surface area (Å²) in [7, 11) is 0. The minimum atomic E-state index is 0.542. The molecule has 0 fully saturated rings. The van der Waals surface area contributed by atoms with E-state index in [4.69, 9.17) is 5.73 Å². The molecule has 92 valence electrons. The highest BCUT2D eigenvalue weighted by Gasteiger charge is 2.11. The summed E-state index contributed by atoms with van der Waals surface area (Å²) in [5.74, 6) is 1.03. The van der Waals surface area contributed by atoms with Crippen molar-refractivity contribution in [3.63, 3.8) is 0 Å². The van der Waals surface area contributed by atoms with Crippen molar-refractivity contribution < 1.29 is 0 Å². The molecule has 2 heterocycles. The lowest BCUT2D eigenvalue weighted by Crippen LogP contribution is -2.10. The van der Waals surface area contributed by atoms with Gasteiger partial charge in [-0.05, 0) is 20.8 Å². The third kappa shape index (κ3) is 2.10. The molecule has 0 atom stereocenters. The molecule has 5 heteroatoms. The fraction of sp³-hybridized carbons (Fsp3) is 0.500. The molecule has 2 aromatic heterocycles. The molecule has 0 aliphatic carbocycles. The summed E-state index contributed by atoms with van der Waals surface area (Å²) in [6.45, 7) is 8.34. The van der Waals surface area contributed by atoms with Crippen molar-refractivity contribution in [2.24, 2.45) is 5.73 Å². The minimum Gasteiger partial charge on any atom is -0.334 e. The molecule has 0 bridgehead atoms. The highest BCUT2D eigenvalue weighted by atomic mass is 15.3. The molecule has 0 unspecified atom stereocenters. The fourth-order valence-electron chi connectivity index (χ4n) is 2.10. The Hall–Kier alpha value is -1.62. The molecule has 0 aliphatic rings. The van der Waals surface area contributed by atoms with Gasteiger partial charge in [0.25, 0.3) is 0 Å². The van der Waals surface area contributed by atoms with Crippen LogP contribution in [0.2, 0.25) is 0 Å². The summed E-state index contributed by atoms with van der Waals surface area (Å²) in [6, 6.07) is 0. The van der Waals surface area contributed by atoms with E-state index >= 15 is 0 Å². The second-order valence-corrected chi connectivity index (χ2v) is 4.14. The second-order valence-electron chi connectivity index (χ2n) is 4.14. The first-order chi connectivity index (χ1) is 8.17. The Labute approximate surface area is 101 Å². The lowest BCUT2D eigenvalue weighted by Gasteiger charge is -2.07. The monoisotopic (exact) mass is 233 g/mol. The van der Waals surface area contributed by atoms with Crippen molar-refractivity contribution in [3.8, 4) is 0 Å². The molecular weight excluding hydrogens is 214 g/mol. The Bertz CT molecular complexity index is 509. The van der Waals surface area contributed by atoms with Crippen LogP contribution in [0.3, 0.4) is 0 Å². The second kappa shape index (κ2) is 4.71. The molecule has 0 spiro atoms. The van der Waals surface area contributed by atoms with Gasteiger partial charge in [0.05, 0.1) is 12.2 Å².